The first-order chi connectivity index (χ1) is 6.77. The fourth-order valence-corrected chi connectivity index (χ4v) is 2.16. The van der Waals surface area contributed by atoms with Crippen LogP contribution >= 0.6 is 0 Å². The predicted octanol–water partition coefficient (Wildman–Crippen LogP) is 2.04. The number of aromatic nitrogens is 1. The second-order valence-corrected chi connectivity index (χ2v) is 3.99. The van der Waals surface area contributed by atoms with E-state index < -0.39 is 0 Å². The Kier molecular flexibility index (Phi) is 2.57. The molecule has 1 fully saturated rings. The molecule has 3 nitrogen and oxygen atoms in total. The van der Waals surface area contributed by atoms with E-state index in [1.165, 1.54) is 31.4 Å². The number of pyridine rings is 1. The monoisotopic (exact) mass is 191 g/mol. The topological polar surface area (TPSA) is 42.2 Å². The van der Waals surface area contributed by atoms with Crippen LogP contribution in [0.5, 0.6) is 0 Å². The highest BCUT2D eigenvalue weighted by atomic mass is 15.1. The minimum Gasteiger partial charge on any atom is -0.384 e. The van der Waals surface area contributed by atoms with Crippen molar-refractivity contribution in [1.29, 1.82) is 0 Å². The Bertz CT molecular complexity index is 305. The summed E-state index contributed by atoms with van der Waals surface area (Å²) in [6.07, 6.45) is 7.10. The van der Waals surface area contributed by atoms with E-state index in [1.54, 1.807) is 6.20 Å². The zero-order valence-corrected chi connectivity index (χ0v) is 8.61. The SMILES string of the molecule is CN(c1ccnc(N)c1)C1CCCC1. The average molecular weight is 191 g/mol. The summed E-state index contributed by atoms with van der Waals surface area (Å²) in [4.78, 5) is 6.32. The maximum Gasteiger partial charge on any atom is 0.125 e. The van der Waals surface area contributed by atoms with E-state index in [4.69, 9.17) is 5.73 Å². The summed E-state index contributed by atoms with van der Waals surface area (Å²) in [6, 6.07) is 4.66. The van der Waals surface area contributed by atoms with Gasteiger partial charge in [0.2, 0.25) is 0 Å². The van der Waals surface area contributed by atoms with Crippen molar-refractivity contribution in [2.75, 3.05) is 17.7 Å². The van der Waals surface area contributed by atoms with Gasteiger partial charge < -0.3 is 10.6 Å². The van der Waals surface area contributed by atoms with Crippen LogP contribution in [-0.4, -0.2) is 18.1 Å². The molecule has 0 radical (unpaired) electrons. The van der Waals surface area contributed by atoms with E-state index in [2.05, 4.69) is 16.9 Å². The Hall–Kier alpha value is -1.25. The molecule has 0 atom stereocenters. The molecule has 1 heterocycles. The molecule has 0 bridgehead atoms. The first-order valence-corrected chi connectivity index (χ1v) is 5.22. The smallest absolute Gasteiger partial charge is 0.125 e. The highest BCUT2D eigenvalue weighted by molar-refractivity contribution is 5.52. The minimum atomic E-state index is 0.604. The highest BCUT2D eigenvalue weighted by Gasteiger charge is 2.19. The average Bonchev–Trinajstić information content (AvgIpc) is 2.69. The molecule has 0 aliphatic heterocycles. The molecule has 0 aromatic carbocycles. The van der Waals surface area contributed by atoms with Crippen LogP contribution in [-0.2, 0) is 0 Å². The van der Waals surface area contributed by atoms with Gasteiger partial charge in [0.05, 0.1) is 0 Å². The molecule has 1 aromatic rings. The molecular formula is C11H17N3. The summed E-state index contributed by atoms with van der Waals surface area (Å²) in [5.74, 6) is 0.604. The lowest BCUT2D eigenvalue weighted by atomic mass is 10.2. The van der Waals surface area contributed by atoms with Crippen LogP contribution in [0.3, 0.4) is 0 Å². The van der Waals surface area contributed by atoms with E-state index in [0.29, 0.717) is 11.9 Å². The van der Waals surface area contributed by atoms with Gasteiger partial charge in [-0.25, -0.2) is 4.98 Å². The Labute approximate surface area is 84.9 Å². The Balaban J connectivity index is 2.13. The molecule has 1 saturated carbocycles. The standard InChI is InChI=1S/C11H17N3/c1-14(9-4-2-3-5-9)10-6-7-13-11(12)8-10/h6-9H,2-5H2,1H3,(H2,12,13). The zero-order valence-electron chi connectivity index (χ0n) is 8.61. The molecule has 3 heteroatoms. The van der Waals surface area contributed by atoms with E-state index in [9.17, 15) is 0 Å². The van der Waals surface area contributed by atoms with Crippen LogP contribution in [0.15, 0.2) is 18.3 Å². The van der Waals surface area contributed by atoms with E-state index >= 15 is 0 Å². The summed E-state index contributed by atoms with van der Waals surface area (Å²) in [5.41, 5.74) is 6.84. The van der Waals surface area contributed by atoms with Gasteiger partial charge in [0, 0.05) is 31.0 Å². The predicted molar refractivity (Wildman–Crippen MR) is 59.3 cm³/mol. The largest absolute Gasteiger partial charge is 0.384 e. The van der Waals surface area contributed by atoms with E-state index in [0.717, 1.165) is 0 Å². The summed E-state index contributed by atoms with van der Waals surface area (Å²) in [5, 5.41) is 0. The Morgan fingerprint density at radius 1 is 1.43 bits per heavy atom. The molecule has 2 rings (SSSR count). The van der Waals surface area contributed by atoms with E-state index in [1.807, 2.05) is 12.1 Å². The number of nitrogens with two attached hydrogens (primary N) is 1. The van der Waals surface area contributed by atoms with Gasteiger partial charge in [-0.3, -0.25) is 0 Å². The molecule has 76 valence electrons. The number of hydrogen-bond donors (Lipinski definition) is 1. The van der Waals surface area contributed by atoms with Gasteiger partial charge in [0.25, 0.3) is 0 Å². The van der Waals surface area contributed by atoms with Crippen molar-refractivity contribution in [3.05, 3.63) is 18.3 Å². The van der Waals surface area contributed by atoms with Crippen LogP contribution in [0.25, 0.3) is 0 Å². The first-order valence-electron chi connectivity index (χ1n) is 5.22. The maximum absolute atomic E-state index is 5.66. The Morgan fingerprint density at radius 2 is 2.14 bits per heavy atom. The Morgan fingerprint density at radius 3 is 2.79 bits per heavy atom. The van der Waals surface area contributed by atoms with Crippen molar-refractivity contribution in [3.8, 4) is 0 Å². The van der Waals surface area contributed by atoms with Gasteiger partial charge in [-0.1, -0.05) is 12.8 Å². The second-order valence-electron chi connectivity index (χ2n) is 3.99. The fraction of sp³-hybridized carbons (Fsp3) is 0.545. The number of anilines is 2. The minimum absolute atomic E-state index is 0.604. The second kappa shape index (κ2) is 3.86. The van der Waals surface area contributed by atoms with E-state index in [-0.39, 0.29) is 0 Å². The van der Waals surface area contributed by atoms with Crippen molar-refractivity contribution < 1.29 is 0 Å². The van der Waals surface area contributed by atoms with Crippen molar-refractivity contribution in [2.24, 2.45) is 0 Å². The van der Waals surface area contributed by atoms with Gasteiger partial charge >= 0.3 is 0 Å². The molecule has 0 saturated heterocycles. The molecule has 0 amide bonds. The lowest BCUT2D eigenvalue weighted by Crippen LogP contribution is -2.28. The number of rotatable bonds is 2. The fourth-order valence-electron chi connectivity index (χ4n) is 2.16. The quantitative estimate of drug-likeness (QED) is 0.777. The van der Waals surface area contributed by atoms with Crippen molar-refractivity contribution >= 4 is 11.5 Å². The normalized spacial score (nSPS) is 17.2. The lowest BCUT2D eigenvalue weighted by molar-refractivity contribution is 0.653. The van der Waals surface area contributed by atoms with Gasteiger partial charge in [-0.05, 0) is 18.9 Å². The molecule has 1 aliphatic rings. The number of nitrogens with zero attached hydrogens (tertiary/aromatic N) is 2. The summed E-state index contributed by atoms with van der Waals surface area (Å²) >= 11 is 0. The van der Waals surface area contributed by atoms with Crippen molar-refractivity contribution in [1.82, 2.24) is 4.98 Å². The van der Waals surface area contributed by atoms with Crippen LogP contribution < -0.4 is 10.6 Å². The van der Waals surface area contributed by atoms with Crippen molar-refractivity contribution in [2.45, 2.75) is 31.7 Å². The van der Waals surface area contributed by atoms with Crippen molar-refractivity contribution in [3.63, 3.8) is 0 Å². The zero-order chi connectivity index (χ0) is 9.97. The maximum atomic E-state index is 5.66. The molecule has 1 aliphatic carbocycles. The molecule has 2 N–H and O–H groups in total. The summed E-state index contributed by atoms with van der Waals surface area (Å²) < 4.78 is 0. The third kappa shape index (κ3) is 1.81. The van der Waals surface area contributed by atoms with Gasteiger partial charge in [0.1, 0.15) is 5.82 Å². The van der Waals surface area contributed by atoms with Gasteiger partial charge in [0.15, 0.2) is 0 Å². The third-order valence-corrected chi connectivity index (χ3v) is 3.04. The van der Waals surface area contributed by atoms with Gasteiger partial charge in [-0.15, -0.1) is 0 Å². The van der Waals surface area contributed by atoms with Crippen LogP contribution in [0, 0.1) is 0 Å². The van der Waals surface area contributed by atoms with Crippen LogP contribution in [0.2, 0.25) is 0 Å². The molecule has 1 aromatic heterocycles. The third-order valence-electron chi connectivity index (χ3n) is 3.04. The molecule has 0 unspecified atom stereocenters. The number of nitrogen functional groups attached to an aromatic ring is 1. The first kappa shape index (κ1) is 9.31. The molecule has 0 spiro atoms. The summed E-state index contributed by atoms with van der Waals surface area (Å²) in [6.45, 7) is 0. The molecule has 14 heavy (non-hydrogen) atoms. The van der Waals surface area contributed by atoms with Gasteiger partial charge in [-0.2, -0.15) is 0 Å². The summed E-state index contributed by atoms with van der Waals surface area (Å²) in [7, 11) is 2.14. The number of hydrogen-bond acceptors (Lipinski definition) is 3. The lowest BCUT2D eigenvalue weighted by Gasteiger charge is -2.26. The highest BCUT2D eigenvalue weighted by Crippen LogP contribution is 2.27. The van der Waals surface area contributed by atoms with Crippen LogP contribution in [0.1, 0.15) is 25.7 Å². The molecular weight excluding hydrogens is 174 g/mol. The van der Waals surface area contributed by atoms with Crippen LogP contribution in [0.4, 0.5) is 11.5 Å².